The zero-order valence-corrected chi connectivity index (χ0v) is 12.8. The highest BCUT2D eigenvalue weighted by Gasteiger charge is 2.28. The molecule has 0 radical (unpaired) electrons. The van der Waals surface area contributed by atoms with Crippen LogP contribution in [0.15, 0.2) is 18.2 Å². The summed E-state index contributed by atoms with van der Waals surface area (Å²) in [5.41, 5.74) is 4.60. The van der Waals surface area contributed by atoms with E-state index < -0.39 is 0 Å². The van der Waals surface area contributed by atoms with Gasteiger partial charge < -0.3 is 5.32 Å². The molecular formula is C18H29N. The number of rotatable bonds is 1. The van der Waals surface area contributed by atoms with Crippen molar-refractivity contribution in [2.45, 2.75) is 65.3 Å². The van der Waals surface area contributed by atoms with E-state index in [1.165, 1.54) is 44.1 Å². The predicted octanol–water partition coefficient (Wildman–Crippen LogP) is 4.79. The maximum atomic E-state index is 3.76. The first-order valence-corrected chi connectivity index (χ1v) is 8.17. The molecule has 1 aromatic carbocycles. The largest absolute Gasteiger partial charge is 0.309 e. The Bertz CT molecular complexity index is 391. The summed E-state index contributed by atoms with van der Waals surface area (Å²) in [5, 5.41) is 3.76. The van der Waals surface area contributed by atoms with E-state index in [1.807, 2.05) is 13.8 Å². The van der Waals surface area contributed by atoms with Gasteiger partial charge in [0.25, 0.3) is 0 Å². The Kier molecular flexibility index (Phi) is 5.45. The minimum Gasteiger partial charge on any atom is -0.309 e. The predicted molar refractivity (Wildman–Crippen MR) is 83.5 cm³/mol. The number of benzene rings is 1. The topological polar surface area (TPSA) is 12.0 Å². The number of nitrogens with one attached hydrogen (secondary N) is 1. The molecule has 2 aliphatic rings. The highest BCUT2D eigenvalue weighted by atomic mass is 14.9. The van der Waals surface area contributed by atoms with Crippen LogP contribution < -0.4 is 5.32 Å². The first-order valence-electron chi connectivity index (χ1n) is 8.17. The minimum atomic E-state index is 0.639. The molecule has 1 aromatic rings. The summed E-state index contributed by atoms with van der Waals surface area (Å²) < 4.78 is 0. The Morgan fingerprint density at radius 2 is 1.79 bits per heavy atom. The van der Waals surface area contributed by atoms with Crippen molar-refractivity contribution in [2.24, 2.45) is 5.92 Å². The van der Waals surface area contributed by atoms with Crippen LogP contribution in [-0.2, 0) is 6.42 Å². The van der Waals surface area contributed by atoms with Crippen molar-refractivity contribution in [3.63, 3.8) is 0 Å². The van der Waals surface area contributed by atoms with Crippen molar-refractivity contribution in [2.75, 3.05) is 6.54 Å². The lowest BCUT2D eigenvalue weighted by Gasteiger charge is -2.35. The molecule has 1 fully saturated rings. The fourth-order valence-electron chi connectivity index (χ4n) is 3.61. The van der Waals surface area contributed by atoms with Crippen LogP contribution in [0.25, 0.3) is 0 Å². The fourth-order valence-corrected chi connectivity index (χ4v) is 3.61. The van der Waals surface area contributed by atoms with E-state index in [9.17, 15) is 0 Å². The molecule has 0 spiro atoms. The molecular weight excluding hydrogens is 230 g/mol. The van der Waals surface area contributed by atoms with Gasteiger partial charge in [-0.1, -0.05) is 56.9 Å². The van der Waals surface area contributed by atoms with Crippen LogP contribution in [0.1, 0.15) is 68.7 Å². The molecule has 106 valence electrons. The normalized spacial score (nSPS) is 23.2. The van der Waals surface area contributed by atoms with Crippen molar-refractivity contribution in [3.8, 4) is 0 Å². The quantitative estimate of drug-likeness (QED) is 0.764. The van der Waals surface area contributed by atoms with Crippen LogP contribution in [0, 0.1) is 12.8 Å². The molecule has 19 heavy (non-hydrogen) atoms. The van der Waals surface area contributed by atoms with Gasteiger partial charge in [-0.25, -0.2) is 0 Å². The van der Waals surface area contributed by atoms with Crippen LogP contribution in [0.3, 0.4) is 0 Å². The van der Waals surface area contributed by atoms with Crippen LogP contribution in [0.2, 0.25) is 0 Å². The van der Waals surface area contributed by atoms with Crippen molar-refractivity contribution in [1.29, 1.82) is 0 Å². The Balaban J connectivity index is 0.000000637. The molecule has 1 aliphatic carbocycles. The van der Waals surface area contributed by atoms with E-state index >= 15 is 0 Å². The van der Waals surface area contributed by atoms with Crippen LogP contribution in [0.5, 0.6) is 0 Å². The average molecular weight is 259 g/mol. The summed E-state index contributed by atoms with van der Waals surface area (Å²) in [4.78, 5) is 0. The smallest absolute Gasteiger partial charge is 0.0351 e. The Labute approximate surface area is 118 Å². The van der Waals surface area contributed by atoms with Crippen LogP contribution in [-0.4, -0.2) is 6.54 Å². The molecule has 1 N–H and O–H groups in total. The second-order valence-electron chi connectivity index (χ2n) is 5.78. The lowest BCUT2D eigenvalue weighted by molar-refractivity contribution is 0.265. The fraction of sp³-hybridized carbons (Fsp3) is 0.667. The average Bonchev–Trinajstić information content (AvgIpc) is 2.49. The monoisotopic (exact) mass is 259 g/mol. The lowest BCUT2D eigenvalue weighted by atomic mass is 9.78. The van der Waals surface area contributed by atoms with Gasteiger partial charge in [-0.15, -0.1) is 0 Å². The molecule has 1 saturated carbocycles. The van der Waals surface area contributed by atoms with E-state index in [-0.39, 0.29) is 0 Å². The van der Waals surface area contributed by atoms with E-state index in [4.69, 9.17) is 0 Å². The maximum Gasteiger partial charge on any atom is 0.0351 e. The molecule has 3 rings (SSSR count). The van der Waals surface area contributed by atoms with Gasteiger partial charge in [0.2, 0.25) is 0 Å². The standard InChI is InChI=1S/C16H23N.C2H6/c1-12-7-8-15-14(11-12)9-10-17-16(15)13-5-3-2-4-6-13;1-2/h7-8,11,13,16-17H,2-6,9-10H2,1H3;1-2H3. The van der Waals surface area contributed by atoms with Gasteiger partial charge in [-0.3, -0.25) is 0 Å². The Morgan fingerprint density at radius 3 is 2.53 bits per heavy atom. The summed E-state index contributed by atoms with van der Waals surface area (Å²) in [7, 11) is 0. The van der Waals surface area contributed by atoms with Gasteiger partial charge in [-0.05, 0) is 49.8 Å². The number of hydrogen-bond acceptors (Lipinski definition) is 1. The molecule has 1 unspecified atom stereocenters. The van der Waals surface area contributed by atoms with Gasteiger partial charge in [0.15, 0.2) is 0 Å². The third kappa shape index (κ3) is 3.39. The van der Waals surface area contributed by atoms with Gasteiger partial charge in [0.05, 0.1) is 0 Å². The number of hydrogen-bond donors (Lipinski definition) is 1. The summed E-state index contributed by atoms with van der Waals surface area (Å²) >= 11 is 0. The third-order valence-corrected chi connectivity index (χ3v) is 4.51. The zero-order chi connectivity index (χ0) is 13.7. The molecule has 1 nitrogen and oxygen atoms in total. The minimum absolute atomic E-state index is 0.639. The SMILES string of the molecule is CC.Cc1ccc2c(c1)CCNC2C1CCCCC1. The third-order valence-electron chi connectivity index (χ3n) is 4.51. The van der Waals surface area contributed by atoms with Crippen molar-refractivity contribution >= 4 is 0 Å². The molecule has 1 atom stereocenters. The van der Waals surface area contributed by atoms with Crippen LogP contribution >= 0.6 is 0 Å². The summed E-state index contributed by atoms with van der Waals surface area (Å²) in [6, 6.07) is 7.68. The van der Waals surface area contributed by atoms with Crippen molar-refractivity contribution in [3.05, 3.63) is 34.9 Å². The lowest BCUT2D eigenvalue weighted by Crippen LogP contribution is -2.35. The van der Waals surface area contributed by atoms with E-state index in [2.05, 4.69) is 30.4 Å². The van der Waals surface area contributed by atoms with Crippen molar-refractivity contribution in [1.82, 2.24) is 5.32 Å². The maximum absolute atomic E-state index is 3.76. The molecule has 0 aromatic heterocycles. The molecule has 1 heterocycles. The van der Waals surface area contributed by atoms with Gasteiger partial charge in [0, 0.05) is 6.04 Å². The van der Waals surface area contributed by atoms with Crippen molar-refractivity contribution < 1.29 is 0 Å². The first kappa shape index (κ1) is 14.6. The molecule has 1 heteroatoms. The summed E-state index contributed by atoms with van der Waals surface area (Å²) in [5.74, 6) is 0.880. The Hall–Kier alpha value is -0.820. The first-order chi connectivity index (χ1) is 9.34. The Morgan fingerprint density at radius 1 is 1.05 bits per heavy atom. The summed E-state index contributed by atoms with van der Waals surface area (Å²) in [6.45, 7) is 7.37. The molecule has 1 aliphatic heterocycles. The molecule has 0 bridgehead atoms. The second kappa shape index (κ2) is 7.09. The van der Waals surface area contributed by atoms with Gasteiger partial charge >= 0.3 is 0 Å². The number of fused-ring (bicyclic) bond motifs is 1. The molecule has 0 amide bonds. The van der Waals surface area contributed by atoms with Gasteiger partial charge in [0.1, 0.15) is 0 Å². The zero-order valence-electron chi connectivity index (χ0n) is 12.8. The van der Waals surface area contributed by atoms with Gasteiger partial charge in [-0.2, -0.15) is 0 Å². The van der Waals surface area contributed by atoms with Crippen LogP contribution in [0.4, 0.5) is 0 Å². The molecule has 0 saturated heterocycles. The summed E-state index contributed by atoms with van der Waals surface area (Å²) in [6.07, 6.45) is 8.37. The highest BCUT2D eigenvalue weighted by molar-refractivity contribution is 5.36. The van der Waals surface area contributed by atoms with E-state index in [0.29, 0.717) is 6.04 Å². The van der Waals surface area contributed by atoms with E-state index in [1.54, 1.807) is 11.1 Å². The number of aryl methyl sites for hydroxylation is 1. The van der Waals surface area contributed by atoms with E-state index in [0.717, 1.165) is 12.5 Å². The second-order valence-corrected chi connectivity index (χ2v) is 5.78. The highest BCUT2D eigenvalue weighted by Crippen LogP contribution is 2.37.